The minimum absolute atomic E-state index is 0.00173. The van der Waals surface area contributed by atoms with Crippen LogP contribution in [0.5, 0.6) is 0 Å². The molecular formula is C29H32ClFN2O8S. The molecule has 1 heterocycles. The van der Waals surface area contributed by atoms with Gasteiger partial charge in [0.15, 0.2) is 6.67 Å². The summed E-state index contributed by atoms with van der Waals surface area (Å²) in [6.07, 6.45) is 0.393. The molecule has 1 saturated heterocycles. The van der Waals surface area contributed by atoms with E-state index in [0.717, 1.165) is 18.2 Å². The number of sulfonamides is 1. The first-order valence-electron chi connectivity index (χ1n) is 13.6. The van der Waals surface area contributed by atoms with E-state index >= 15 is 0 Å². The Morgan fingerprint density at radius 3 is 2.52 bits per heavy atom. The van der Waals surface area contributed by atoms with Crippen LogP contribution in [0.15, 0.2) is 60.2 Å². The molecule has 2 aromatic carbocycles. The average molecular weight is 623 g/mol. The third-order valence-corrected chi connectivity index (χ3v) is 10.6. The van der Waals surface area contributed by atoms with Crippen LogP contribution in [0.25, 0.3) is 0 Å². The highest BCUT2D eigenvalue weighted by atomic mass is 35.5. The van der Waals surface area contributed by atoms with Gasteiger partial charge < -0.3 is 19.7 Å². The molecule has 1 amide bonds. The molecule has 0 bridgehead atoms. The van der Waals surface area contributed by atoms with E-state index in [4.69, 9.17) is 16.3 Å². The Bertz CT molecular complexity index is 1500. The first-order valence-corrected chi connectivity index (χ1v) is 15.5. The second-order valence-corrected chi connectivity index (χ2v) is 12.9. The number of hydrogen-bond donors (Lipinski definition) is 1. The summed E-state index contributed by atoms with van der Waals surface area (Å²) in [5.74, 6) is -3.02. The number of carboxylic acid groups (broad SMARTS) is 2. The lowest BCUT2D eigenvalue weighted by atomic mass is 9.86. The number of ether oxygens (including phenoxy) is 1. The second-order valence-electron chi connectivity index (χ2n) is 10.5. The van der Waals surface area contributed by atoms with Crippen molar-refractivity contribution >= 4 is 45.3 Å². The van der Waals surface area contributed by atoms with Crippen molar-refractivity contribution in [1.82, 2.24) is 0 Å². The van der Waals surface area contributed by atoms with Gasteiger partial charge in [-0.3, -0.25) is 0 Å². The molecule has 0 spiro atoms. The third-order valence-electron chi connectivity index (χ3n) is 8.14. The lowest BCUT2D eigenvalue weighted by Crippen LogP contribution is -2.74. The van der Waals surface area contributed by atoms with Gasteiger partial charge in [0.2, 0.25) is 15.6 Å². The Balaban J connectivity index is 1.91. The number of carboxylic acids is 1. The standard InChI is InChI=1S/C29H32ClFN2O8S/c1-2-41-26(34)22-11-6-7-12-25(22)42(39,40)32(24-14-13-21(31)17-23(24)30)19-33(28(37)38)16-8-15-29(33,27(35)36)18-20-9-4-3-5-10-20/h3-5,9-11,13-14,17,25H,2,6-8,12,15-16,18-19H2,1H3,(H-,35,36,37,38)/t25?,29-,33?/m1/s1. The highest BCUT2D eigenvalue weighted by Gasteiger charge is 2.63. The van der Waals surface area contributed by atoms with Crippen molar-refractivity contribution in [2.24, 2.45) is 0 Å². The molecule has 4 rings (SSSR count). The number of hydrogen-bond acceptors (Lipinski definition) is 7. The average Bonchev–Trinajstić information content (AvgIpc) is 3.33. The third kappa shape index (κ3) is 5.62. The van der Waals surface area contributed by atoms with Crippen molar-refractivity contribution in [3.63, 3.8) is 0 Å². The van der Waals surface area contributed by atoms with E-state index < -0.39 is 55.8 Å². The number of esters is 1. The van der Waals surface area contributed by atoms with E-state index in [0.29, 0.717) is 22.7 Å². The molecule has 1 aliphatic heterocycles. The van der Waals surface area contributed by atoms with Crippen LogP contribution in [0.4, 0.5) is 14.9 Å². The van der Waals surface area contributed by atoms with E-state index in [2.05, 4.69) is 0 Å². The van der Waals surface area contributed by atoms with Gasteiger partial charge in [0.25, 0.3) is 6.09 Å². The highest BCUT2D eigenvalue weighted by molar-refractivity contribution is 7.93. The molecule has 0 radical (unpaired) electrons. The number of halogens is 2. The summed E-state index contributed by atoms with van der Waals surface area (Å²) in [6.45, 7) is 0.413. The number of allylic oxidation sites excluding steroid dienone is 1. The van der Waals surface area contributed by atoms with Gasteiger partial charge in [0.1, 0.15) is 11.1 Å². The Labute approximate surface area is 248 Å². The van der Waals surface area contributed by atoms with Gasteiger partial charge in [-0.05, 0) is 49.9 Å². The predicted molar refractivity (Wildman–Crippen MR) is 150 cm³/mol. The maximum Gasteiger partial charge on any atom is 0.366 e. The van der Waals surface area contributed by atoms with Crippen molar-refractivity contribution in [3.05, 3.63) is 76.6 Å². The first-order chi connectivity index (χ1) is 19.9. The maximum atomic E-state index is 14.5. The molecule has 1 N–H and O–H groups in total. The van der Waals surface area contributed by atoms with Crippen molar-refractivity contribution in [2.45, 2.75) is 56.2 Å². The van der Waals surface area contributed by atoms with Crippen LogP contribution in [0.2, 0.25) is 5.02 Å². The normalized spacial score (nSPS) is 24.1. The van der Waals surface area contributed by atoms with Crippen LogP contribution in [-0.2, 0) is 30.8 Å². The van der Waals surface area contributed by atoms with E-state index in [9.17, 15) is 37.4 Å². The van der Waals surface area contributed by atoms with Gasteiger partial charge in [-0.2, -0.15) is 0 Å². The topological polar surface area (TPSA) is 141 Å². The summed E-state index contributed by atoms with van der Waals surface area (Å²) in [4.78, 5) is 38.9. The monoisotopic (exact) mass is 622 g/mol. The molecule has 10 nitrogen and oxygen atoms in total. The fourth-order valence-electron chi connectivity index (χ4n) is 6.07. The summed E-state index contributed by atoms with van der Waals surface area (Å²) >= 11 is 6.35. The van der Waals surface area contributed by atoms with E-state index in [-0.39, 0.29) is 55.1 Å². The van der Waals surface area contributed by atoms with Gasteiger partial charge in [-0.15, -0.1) is 0 Å². The number of carbonyl (C=O) groups excluding carboxylic acids is 2. The van der Waals surface area contributed by atoms with Gasteiger partial charge in [-0.25, -0.2) is 31.2 Å². The van der Waals surface area contributed by atoms with Crippen LogP contribution in [0.3, 0.4) is 0 Å². The van der Waals surface area contributed by atoms with E-state index in [1.807, 2.05) is 0 Å². The number of amides is 1. The first kappa shape index (κ1) is 31.5. The van der Waals surface area contributed by atoms with Crippen molar-refractivity contribution in [2.75, 3.05) is 24.1 Å². The summed E-state index contributed by atoms with van der Waals surface area (Å²) in [5, 5.41) is 21.9. The number of likely N-dealkylation sites (tertiary alicyclic amines) is 1. The molecule has 2 aliphatic rings. The van der Waals surface area contributed by atoms with Crippen LogP contribution in [0.1, 0.15) is 44.6 Å². The number of anilines is 1. The number of nitrogens with zero attached hydrogens (tertiary/aromatic N) is 2. The number of benzene rings is 2. The quantitative estimate of drug-likeness (QED) is 0.313. The summed E-state index contributed by atoms with van der Waals surface area (Å²) in [5.41, 5.74) is -1.83. The zero-order chi connectivity index (χ0) is 30.7. The fourth-order valence-corrected chi connectivity index (χ4v) is 8.47. The van der Waals surface area contributed by atoms with Gasteiger partial charge in [0, 0.05) is 19.3 Å². The van der Waals surface area contributed by atoms with E-state index in [1.165, 1.54) is 6.08 Å². The van der Waals surface area contributed by atoms with Gasteiger partial charge in [0.05, 0.1) is 29.4 Å². The zero-order valence-electron chi connectivity index (χ0n) is 23.0. The number of rotatable bonds is 10. The minimum Gasteiger partial charge on any atom is -0.498 e. The van der Waals surface area contributed by atoms with Crippen molar-refractivity contribution < 1.29 is 46.6 Å². The van der Waals surface area contributed by atoms with Gasteiger partial charge in [-0.1, -0.05) is 48.0 Å². The fraction of sp³-hybridized carbons (Fsp3) is 0.414. The molecule has 226 valence electrons. The zero-order valence-corrected chi connectivity index (χ0v) is 24.6. The Morgan fingerprint density at radius 1 is 1.19 bits per heavy atom. The maximum absolute atomic E-state index is 14.5. The van der Waals surface area contributed by atoms with Crippen LogP contribution in [0, 0.1) is 5.82 Å². The molecule has 42 heavy (non-hydrogen) atoms. The summed E-state index contributed by atoms with van der Waals surface area (Å²) in [7, 11) is -4.68. The molecule has 3 atom stereocenters. The summed E-state index contributed by atoms with van der Waals surface area (Å²) < 4.78 is 47.6. The molecule has 1 aliphatic carbocycles. The Hall–Kier alpha value is -3.48. The smallest absolute Gasteiger partial charge is 0.366 e. The SMILES string of the molecule is CCOC(=O)C1=CCCCC1S(=O)(=O)N(C[N+]1(C(=O)[O-])CCC[C@@]1(Cc1ccccc1)C(=O)O)c1ccc(F)cc1Cl. The molecule has 0 aromatic heterocycles. The van der Waals surface area contributed by atoms with Crippen LogP contribution < -0.4 is 9.41 Å². The Morgan fingerprint density at radius 2 is 1.90 bits per heavy atom. The Kier molecular flexibility index (Phi) is 9.29. The molecule has 0 saturated carbocycles. The molecule has 2 aromatic rings. The molecule has 13 heteroatoms. The van der Waals surface area contributed by atoms with Crippen molar-refractivity contribution in [1.29, 1.82) is 0 Å². The number of quaternary nitrogens is 1. The highest BCUT2D eigenvalue weighted by Crippen LogP contribution is 2.43. The summed E-state index contributed by atoms with van der Waals surface area (Å²) in [6, 6.07) is 11.4. The van der Waals surface area contributed by atoms with Gasteiger partial charge >= 0.3 is 11.9 Å². The largest absolute Gasteiger partial charge is 0.498 e. The molecule has 2 unspecified atom stereocenters. The predicted octanol–water partition coefficient (Wildman–Crippen LogP) is 3.63. The lowest BCUT2D eigenvalue weighted by molar-refractivity contribution is -0.902. The minimum atomic E-state index is -4.68. The van der Waals surface area contributed by atoms with E-state index in [1.54, 1.807) is 37.3 Å². The molecular weight excluding hydrogens is 591 g/mol. The molecule has 1 fully saturated rings. The van der Waals surface area contributed by atoms with Crippen LogP contribution >= 0.6 is 11.6 Å². The van der Waals surface area contributed by atoms with Crippen LogP contribution in [-0.4, -0.2) is 66.6 Å². The number of aliphatic carboxylic acids is 1. The lowest BCUT2D eigenvalue weighted by Gasteiger charge is -2.48. The second kappa shape index (κ2) is 12.4. The number of carbonyl (C=O) groups is 3. The van der Waals surface area contributed by atoms with Crippen molar-refractivity contribution in [3.8, 4) is 0 Å².